The van der Waals surface area contributed by atoms with Crippen LogP contribution in [0.15, 0.2) is 48.5 Å². The molecule has 3 N–H and O–H groups in total. The van der Waals surface area contributed by atoms with E-state index < -0.39 is 11.8 Å². The van der Waals surface area contributed by atoms with E-state index in [9.17, 15) is 9.59 Å². The minimum absolute atomic E-state index is 0.235. The van der Waals surface area contributed by atoms with Gasteiger partial charge in [-0.05, 0) is 30.3 Å². The fourth-order valence-corrected chi connectivity index (χ4v) is 2.77. The quantitative estimate of drug-likeness (QED) is 0.696. The molecule has 0 radical (unpaired) electrons. The molecule has 0 saturated carbocycles. The molecule has 0 saturated heterocycles. The number of amides is 2. The highest BCUT2D eigenvalue weighted by Gasteiger charge is 2.15. The lowest BCUT2D eigenvalue weighted by Crippen LogP contribution is -2.33. The first-order chi connectivity index (χ1) is 13.0. The van der Waals surface area contributed by atoms with Crippen molar-refractivity contribution in [3.63, 3.8) is 0 Å². The Hall–Kier alpha value is -3.61. The van der Waals surface area contributed by atoms with Crippen molar-refractivity contribution in [3.8, 4) is 22.8 Å². The van der Waals surface area contributed by atoms with E-state index in [-0.39, 0.29) is 6.54 Å². The number of hydrogen-bond donors (Lipinski definition) is 2. The van der Waals surface area contributed by atoms with Crippen LogP contribution in [0, 0.1) is 0 Å². The molecule has 1 heterocycles. The number of methoxy groups -OCH3 is 2. The van der Waals surface area contributed by atoms with Gasteiger partial charge in [-0.1, -0.05) is 18.2 Å². The van der Waals surface area contributed by atoms with Crippen LogP contribution in [-0.2, 0) is 4.79 Å². The van der Waals surface area contributed by atoms with Crippen molar-refractivity contribution in [1.82, 2.24) is 10.3 Å². The molecule has 27 heavy (non-hydrogen) atoms. The lowest BCUT2D eigenvalue weighted by atomic mass is 10.0. The van der Waals surface area contributed by atoms with Gasteiger partial charge in [0, 0.05) is 10.9 Å². The van der Waals surface area contributed by atoms with Crippen molar-refractivity contribution in [2.24, 2.45) is 5.73 Å². The number of fused-ring (bicyclic) bond motifs is 1. The zero-order valence-corrected chi connectivity index (χ0v) is 15.0. The van der Waals surface area contributed by atoms with E-state index in [1.807, 2.05) is 24.3 Å². The maximum absolute atomic E-state index is 12.6. The van der Waals surface area contributed by atoms with Gasteiger partial charge in [-0.3, -0.25) is 9.59 Å². The second kappa shape index (κ2) is 7.74. The molecule has 1 aromatic heterocycles. The summed E-state index contributed by atoms with van der Waals surface area (Å²) in [5, 5.41) is 3.21. The van der Waals surface area contributed by atoms with Gasteiger partial charge in [0.15, 0.2) is 11.5 Å². The van der Waals surface area contributed by atoms with Gasteiger partial charge in [0.2, 0.25) is 5.91 Å². The van der Waals surface area contributed by atoms with Gasteiger partial charge in [0.05, 0.1) is 37.5 Å². The number of primary amides is 1. The SMILES string of the molecule is COc1ccc(-c2cc(C(=O)NCC(N)=O)c3ccccc3n2)cc1OC. The second-order valence-corrected chi connectivity index (χ2v) is 5.79. The number of hydrogen-bond acceptors (Lipinski definition) is 5. The maximum Gasteiger partial charge on any atom is 0.252 e. The summed E-state index contributed by atoms with van der Waals surface area (Å²) in [6.45, 7) is -0.235. The summed E-state index contributed by atoms with van der Waals surface area (Å²) in [6, 6.07) is 14.4. The maximum atomic E-state index is 12.6. The molecule has 138 valence electrons. The minimum atomic E-state index is -0.609. The predicted molar refractivity (Wildman–Crippen MR) is 102 cm³/mol. The zero-order chi connectivity index (χ0) is 19.4. The van der Waals surface area contributed by atoms with Crippen LogP contribution in [0.4, 0.5) is 0 Å². The summed E-state index contributed by atoms with van der Waals surface area (Å²) in [5.41, 5.74) is 7.55. The molecule has 0 spiro atoms. The number of nitrogens with two attached hydrogens (primary N) is 1. The molecule has 0 aliphatic rings. The number of carbonyl (C=O) groups excluding carboxylic acids is 2. The Morgan fingerprint density at radius 1 is 1.04 bits per heavy atom. The monoisotopic (exact) mass is 365 g/mol. The van der Waals surface area contributed by atoms with E-state index >= 15 is 0 Å². The summed E-state index contributed by atoms with van der Waals surface area (Å²) >= 11 is 0. The topological polar surface area (TPSA) is 104 Å². The third kappa shape index (κ3) is 3.82. The molecule has 3 rings (SSSR count). The molecule has 0 unspecified atom stereocenters. The number of nitrogens with one attached hydrogen (secondary N) is 1. The number of para-hydroxylation sites is 1. The zero-order valence-electron chi connectivity index (χ0n) is 15.0. The van der Waals surface area contributed by atoms with Crippen LogP contribution in [0.3, 0.4) is 0 Å². The van der Waals surface area contributed by atoms with E-state index in [1.54, 1.807) is 38.5 Å². The molecule has 2 aromatic carbocycles. The van der Waals surface area contributed by atoms with Gasteiger partial charge >= 0.3 is 0 Å². The molecule has 2 amide bonds. The van der Waals surface area contributed by atoms with Gasteiger partial charge in [0.25, 0.3) is 5.91 Å². The predicted octanol–water partition coefficient (Wildman–Crippen LogP) is 2.13. The van der Waals surface area contributed by atoms with Crippen molar-refractivity contribution in [1.29, 1.82) is 0 Å². The summed E-state index contributed by atoms with van der Waals surface area (Å²) < 4.78 is 10.6. The number of aromatic nitrogens is 1. The van der Waals surface area contributed by atoms with Crippen molar-refractivity contribution >= 4 is 22.7 Å². The number of pyridine rings is 1. The molecule has 0 aliphatic heterocycles. The summed E-state index contributed by atoms with van der Waals surface area (Å²) in [7, 11) is 3.12. The van der Waals surface area contributed by atoms with Crippen LogP contribution >= 0.6 is 0 Å². The van der Waals surface area contributed by atoms with E-state index in [1.165, 1.54) is 0 Å². The molecule has 7 heteroatoms. The Bertz CT molecular complexity index is 1020. The smallest absolute Gasteiger partial charge is 0.252 e. The first kappa shape index (κ1) is 18.2. The standard InChI is InChI=1S/C20H19N3O4/c1-26-17-8-7-12(9-18(17)27-2)16-10-14(20(25)22-11-19(21)24)13-5-3-4-6-15(13)23-16/h3-10H,11H2,1-2H3,(H2,21,24)(H,22,25). The van der Waals surface area contributed by atoms with Gasteiger partial charge < -0.3 is 20.5 Å². The third-order valence-electron chi connectivity index (χ3n) is 4.06. The van der Waals surface area contributed by atoms with E-state index in [4.69, 9.17) is 15.2 Å². The van der Waals surface area contributed by atoms with E-state index in [0.717, 1.165) is 5.56 Å². The van der Waals surface area contributed by atoms with Crippen LogP contribution in [0.25, 0.3) is 22.2 Å². The molecule has 3 aromatic rings. The van der Waals surface area contributed by atoms with Crippen molar-refractivity contribution in [2.75, 3.05) is 20.8 Å². The van der Waals surface area contributed by atoms with E-state index in [0.29, 0.717) is 33.7 Å². The average molecular weight is 365 g/mol. The molecule has 7 nitrogen and oxygen atoms in total. The largest absolute Gasteiger partial charge is 0.493 e. The van der Waals surface area contributed by atoms with Crippen molar-refractivity contribution in [2.45, 2.75) is 0 Å². The van der Waals surface area contributed by atoms with Crippen LogP contribution in [0.2, 0.25) is 0 Å². The normalized spacial score (nSPS) is 10.4. The van der Waals surface area contributed by atoms with Crippen molar-refractivity contribution in [3.05, 3.63) is 54.1 Å². The van der Waals surface area contributed by atoms with Gasteiger partial charge in [0.1, 0.15) is 0 Å². The highest BCUT2D eigenvalue weighted by atomic mass is 16.5. The lowest BCUT2D eigenvalue weighted by Gasteiger charge is -2.12. The Morgan fingerprint density at radius 3 is 2.48 bits per heavy atom. The molecular formula is C20H19N3O4. The second-order valence-electron chi connectivity index (χ2n) is 5.79. The number of benzene rings is 2. The fourth-order valence-electron chi connectivity index (χ4n) is 2.77. The number of carbonyl (C=O) groups is 2. The average Bonchev–Trinajstić information content (AvgIpc) is 2.70. The van der Waals surface area contributed by atoms with Crippen LogP contribution in [0.1, 0.15) is 10.4 Å². The van der Waals surface area contributed by atoms with Crippen molar-refractivity contribution < 1.29 is 19.1 Å². The Morgan fingerprint density at radius 2 is 1.78 bits per heavy atom. The Labute approximate surface area is 156 Å². The molecule has 0 fully saturated rings. The Kier molecular flexibility index (Phi) is 5.21. The van der Waals surface area contributed by atoms with E-state index in [2.05, 4.69) is 10.3 Å². The number of ether oxygens (including phenoxy) is 2. The van der Waals surface area contributed by atoms with Crippen LogP contribution in [-0.4, -0.2) is 37.6 Å². The highest BCUT2D eigenvalue weighted by molar-refractivity contribution is 6.08. The molecule has 0 bridgehead atoms. The number of nitrogens with zero attached hydrogens (tertiary/aromatic N) is 1. The fraction of sp³-hybridized carbons (Fsp3) is 0.150. The summed E-state index contributed by atoms with van der Waals surface area (Å²) in [4.78, 5) is 28.2. The Balaban J connectivity index is 2.12. The highest BCUT2D eigenvalue weighted by Crippen LogP contribution is 2.33. The minimum Gasteiger partial charge on any atom is -0.493 e. The summed E-state index contributed by atoms with van der Waals surface area (Å²) in [6.07, 6.45) is 0. The van der Waals surface area contributed by atoms with Gasteiger partial charge in [-0.2, -0.15) is 0 Å². The molecular weight excluding hydrogens is 346 g/mol. The lowest BCUT2D eigenvalue weighted by molar-refractivity contribution is -0.117. The molecule has 0 aliphatic carbocycles. The van der Waals surface area contributed by atoms with Gasteiger partial charge in [-0.25, -0.2) is 4.98 Å². The van der Waals surface area contributed by atoms with Crippen LogP contribution < -0.4 is 20.5 Å². The van der Waals surface area contributed by atoms with Gasteiger partial charge in [-0.15, -0.1) is 0 Å². The number of rotatable bonds is 6. The van der Waals surface area contributed by atoms with Crippen LogP contribution in [0.5, 0.6) is 11.5 Å². The summed E-state index contributed by atoms with van der Waals surface area (Å²) in [5.74, 6) is 0.155. The first-order valence-electron chi connectivity index (χ1n) is 8.22. The first-order valence-corrected chi connectivity index (χ1v) is 8.22. The third-order valence-corrected chi connectivity index (χ3v) is 4.06. The molecule has 0 atom stereocenters.